The van der Waals surface area contributed by atoms with Crippen LogP contribution in [0, 0.1) is 0 Å². The van der Waals surface area contributed by atoms with Gasteiger partial charge in [-0.3, -0.25) is 9.59 Å². The SMILES string of the molecule is CCCCCCCCCCCCCCCCCC(=O)OCCCCCCCCCCCCCCC/C=C\C/C=C\CCCCCCCCCCCCCCCCCCCC(=O)NC(CO)C(O)CCCCCCCCCCC. The highest BCUT2D eigenvalue weighted by molar-refractivity contribution is 5.76. The predicted molar refractivity (Wildman–Crippen MR) is 343 cm³/mol. The van der Waals surface area contributed by atoms with E-state index in [4.69, 9.17) is 4.74 Å². The highest BCUT2D eigenvalue weighted by Crippen LogP contribution is 2.19. The minimum atomic E-state index is -0.659. The number of ether oxygens (including phenoxy) is 1. The van der Waals surface area contributed by atoms with Crippen molar-refractivity contribution >= 4 is 11.9 Å². The second-order valence-electron chi connectivity index (χ2n) is 24.6. The highest BCUT2D eigenvalue weighted by atomic mass is 16.5. The molecule has 0 heterocycles. The Morgan fingerprint density at radius 3 is 0.974 bits per heavy atom. The minimum absolute atomic E-state index is 0.0222. The number of unbranched alkanes of at least 4 members (excludes halogenated alkanes) is 52. The summed E-state index contributed by atoms with van der Waals surface area (Å²) in [4.78, 5) is 24.5. The maximum Gasteiger partial charge on any atom is 0.305 e. The van der Waals surface area contributed by atoms with Crippen molar-refractivity contribution in [3.63, 3.8) is 0 Å². The summed E-state index contributed by atoms with van der Waals surface area (Å²) in [7, 11) is 0. The summed E-state index contributed by atoms with van der Waals surface area (Å²) in [5, 5.41) is 23.1. The molecular formula is C72H139NO5. The van der Waals surface area contributed by atoms with E-state index < -0.39 is 12.1 Å². The van der Waals surface area contributed by atoms with E-state index in [2.05, 4.69) is 43.5 Å². The van der Waals surface area contributed by atoms with Gasteiger partial charge in [0.25, 0.3) is 0 Å². The Labute approximate surface area is 488 Å². The Morgan fingerprint density at radius 1 is 0.359 bits per heavy atom. The van der Waals surface area contributed by atoms with Crippen molar-refractivity contribution in [2.45, 2.75) is 411 Å². The molecule has 78 heavy (non-hydrogen) atoms. The van der Waals surface area contributed by atoms with Crippen LogP contribution < -0.4 is 5.32 Å². The topological polar surface area (TPSA) is 95.9 Å². The number of amides is 1. The van der Waals surface area contributed by atoms with E-state index in [1.165, 1.54) is 321 Å². The maximum atomic E-state index is 12.4. The van der Waals surface area contributed by atoms with Crippen molar-refractivity contribution in [1.29, 1.82) is 0 Å². The van der Waals surface area contributed by atoms with Gasteiger partial charge in [0.05, 0.1) is 25.4 Å². The van der Waals surface area contributed by atoms with E-state index in [1.807, 2.05) is 0 Å². The van der Waals surface area contributed by atoms with Crippen LogP contribution in [0.15, 0.2) is 24.3 Å². The Bertz CT molecular complexity index is 1220. The Hall–Kier alpha value is -1.66. The second-order valence-corrected chi connectivity index (χ2v) is 24.6. The minimum Gasteiger partial charge on any atom is -0.466 e. The molecule has 0 saturated heterocycles. The molecule has 0 spiro atoms. The van der Waals surface area contributed by atoms with E-state index >= 15 is 0 Å². The fraction of sp³-hybridized carbons (Fsp3) is 0.917. The Morgan fingerprint density at radius 2 is 0.641 bits per heavy atom. The smallest absolute Gasteiger partial charge is 0.305 e. The predicted octanol–water partition coefficient (Wildman–Crippen LogP) is 22.9. The van der Waals surface area contributed by atoms with Gasteiger partial charge in [-0.25, -0.2) is 0 Å². The molecule has 0 fully saturated rings. The molecule has 462 valence electrons. The van der Waals surface area contributed by atoms with Crippen LogP contribution in [0.2, 0.25) is 0 Å². The third-order valence-corrected chi connectivity index (χ3v) is 16.8. The monoisotopic (exact) mass is 1100 g/mol. The van der Waals surface area contributed by atoms with Crippen molar-refractivity contribution < 1.29 is 24.5 Å². The van der Waals surface area contributed by atoms with Gasteiger partial charge in [0, 0.05) is 12.8 Å². The molecule has 6 nitrogen and oxygen atoms in total. The van der Waals surface area contributed by atoms with Crippen molar-refractivity contribution in [3.8, 4) is 0 Å². The molecule has 0 aliphatic carbocycles. The molecule has 0 bridgehead atoms. The van der Waals surface area contributed by atoms with Crippen molar-refractivity contribution in [3.05, 3.63) is 24.3 Å². The molecule has 6 heteroatoms. The number of carbonyl (C=O) groups is 2. The van der Waals surface area contributed by atoms with Gasteiger partial charge in [0.1, 0.15) is 0 Å². The molecule has 0 aliphatic heterocycles. The number of hydrogen-bond donors (Lipinski definition) is 3. The lowest BCUT2D eigenvalue weighted by molar-refractivity contribution is -0.143. The second kappa shape index (κ2) is 67.8. The number of nitrogens with one attached hydrogen (secondary N) is 1. The highest BCUT2D eigenvalue weighted by Gasteiger charge is 2.20. The number of rotatable bonds is 67. The molecule has 0 saturated carbocycles. The summed E-state index contributed by atoms with van der Waals surface area (Å²) in [6.07, 6.45) is 85.4. The fourth-order valence-corrected chi connectivity index (χ4v) is 11.3. The van der Waals surface area contributed by atoms with Gasteiger partial charge in [-0.05, 0) is 57.8 Å². The van der Waals surface area contributed by atoms with Gasteiger partial charge < -0.3 is 20.3 Å². The number of allylic oxidation sites excluding steroid dienone is 4. The van der Waals surface area contributed by atoms with Gasteiger partial charge in [-0.2, -0.15) is 0 Å². The number of esters is 1. The molecule has 3 N–H and O–H groups in total. The van der Waals surface area contributed by atoms with E-state index in [-0.39, 0.29) is 18.5 Å². The van der Waals surface area contributed by atoms with E-state index in [0.717, 1.165) is 44.9 Å². The molecule has 2 atom stereocenters. The van der Waals surface area contributed by atoms with Crippen LogP contribution >= 0.6 is 0 Å². The van der Waals surface area contributed by atoms with Crippen LogP contribution in [0.3, 0.4) is 0 Å². The van der Waals surface area contributed by atoms with Crippen LogP contribution in [-0.2, 0) is 14.3 Å². The van der Waals surface area contributed by atoms with Crippen molar-refractivity contribution in [2.75, 3.05) is 13.2 Å². The standard InChI is InChI=1S/C72H139NO5/c1-3-5-7-9-11-13-14-15-39-43-46-50-54-58-62-66-72(77)78-67-63-59-55-51-47-44-41-38-36-34-32-30-28-26-24-22-20-18-16-17-19-21-23-25-27-29-31-33-35-37-40-42-45-49-53-57-61-65-71(76)73-69(68-74)70(75)64-60-56-52-48-12-10-8-6-4-2/h16,18,22,24,69-70,74-75H,3-15,17,19-21,23,25-68H2,1-2H3,(H,73,76)/b18-16-,24-22-. The van der Waals surface area contributed by atoms with E-state index in [1.54, 1.807) is 0 Å². The van der Waals surface area contributed by atoms with Crippen LogP contribution in [-0.4, -0.2) is 47.4 Å². The number of aliphatic hydroxyl groups excluding tert-OH is 2. The number of aliphatic hydroxyl groups is 2. The summed E-state index contributed by atoms with van der Waals surface area (Å²) in [6, 6.07) is -0.537. The first kappa shape index (κ1) is 76.3. The zero-order valence-corrected chi connectivity index (χ0v) is 52.9. The largest absolute Gasteiger partial charge is 0.466 e. The molecule has 2 unspecified atom stereocenters. The van der Waals surface area contributed by atoms with Crippen molar-refractivity contribution in [2.24, 2.45) is 0 Å². The number of hydrogen-bond acceptors (Lipinski definition) is 5. The normalized spacial score (nSPS) is 12.6. The summed E-state index contributed by atoms with van der Waals surface area (Å²) < 4.78 is 5.50. The van der Waals surface area contributed by atoms with Crippen LogP contribution in [0.25, 0.3) is 0 Å². The van der Waals surface area contributed by atoms with Gasteiger partial charge >= 0.3 is 5.97 Å². The summed E-state index contributed by atoms with van der Waals surface area (Å²) in [6.45, 7) is 4.96. The third-order valence-electron chi connectivity index (χ3n) is 16.8. The molecule has 1 amide bonds. The van der Waals surface area contributed by atoms with Crippen LogP contribution in [0.5, 0.6) is 0 Å². The lowest BCUT2D eigenvalue weighted by Crippen LogP contribution is -2.45. The lowest BCUT2D eigenvalue weighted by atomic mass is 10.0. The number of carbonyl (C=O) groups excluding carboxylic acids is 2. The molecular weight excluding hydrogens is 959 g/mol. The molecule has 0 radical (unpaired) electrons. The summed E-state index contributed by atoms with van der Waals surface area (Å²) in [5.41, 5.74) is 0. The van der Waals surface area contributed by atoms with Crippen LogP contribution in [0.4, 0.5) is 0 Å². The first-order chi connectivity index (χ1) is 38.5. The van der Waals surface area contributed by atoms with Gasteiger partial charge in [0.15, 0.2) is 0 Å². The average molecular weight is 1100 g/mol. The molecule has 0 aromatic rings. The average Bonchev–Trinajstić information content (AvgIpc) is 3.44. The Kier molecular flexibility index (Phi) is 66.4. The maximum absolute atomic E-state index is 12.4. The molecule has 0 rings (SSSR count). The van der Waals surface area contributed by atoms with Crippen molar-refractivity contribution in [1.82, 2.24) is 5.32 Å². The molecule has 0 aromatic carbocycles. The van der Waals surface area contributed by atoms with Gasteiger partial charge in [0.2, 0.25) is 5.91 Å². The summed E-state index contributed by atoms with van der Waals surface area (Å²) >= 11 is 0. The fourth-order valence-electron chi connectivity index (χ4n) is 11.3. The first-order valence-corrected chi connectivity index (χ1v) is 35.6. The van der Waals surface area contributed by atoms with E-state index in [0.29, 0.717) is 25.9 Å². The zero-order valence-electron chi connectivity index (χ0n) is 52.9. The third kappa shape index (κ3) is 63.5. The lowest BCUT2D eigenvalue weighted by Gasteiger charge is -2.22. The zero-order chi connectivity index (χ0) is 56.4. The van der Waals surface area contributed by atoms with Gasteiger partial charge in [-0.15, -0.1) is 0 Å². The quantitative estimate of drug-likeness (QED) is 0.0320. The summed E-state index contributed by atoms with van der Waals surface area (Å²) in [5.74, 6) is -0.0107. The molecule has 0 aliphatic rings. The first-order valence-electron chi connectivity index (χ1n) is 35.6. The van der Waals surface area contributed by atoms with Gasteiger partial charge in [-0.1, -0.05) is 353 Å². The van der Waals surface area contributed by atoms with E-state index in [9.17, 15) is 19.8 Å². The van der Waals surface area contributed by atoms with Crippen LogP contribution in [0.1, 0.15) is 399 Å². The Balaban J connectivity index is 3.32. The molecule has 0 aromatic heterocycles.